The Morgan fingerprint density at radius 1 is 1.11 bits per heavy atom. The highest BCUT2D eigenvalue weighted by Crippen LogP contribution is 2.44. The quantitative estimate of drug-likeness (QED) is 0.832. The molecule has 0 aliphatic heterocycles. The zero-order chi connectivity index (χ0) is 14.1. The van der Waals surface area contributed by atoms with Gasteiger partial charge in [0.15, 0.2) is 5.78 Å². The van der Waals surface area contributed by atoms with E-state index in [2.05, 4.69) is 13.8 Å². The Labute approximate surface area is 115 Å². The third kappa shape index (κ3) is 3.06. The molecule has 0 atom stereocenters. The van der Waals surface area contributed by atoms with Gasteiger partial charge >= 0.3 is 0 Å². The van der Waals surface area contributed by atoms with Crippen molar-refractivity contribution in [3.05, 3.63) is 35.4 Å². The smallest absolute Gasteiger partial charge is 0.162 e. The average molecular weight is 260 g/mol. The van der Waals surface area contributed by atoms with Crippen molar-refractivity contribution >= 4 is 5.78 Å². The Balaban J connectivity index is 2.16. The molecule has 0 spiro atoms. The standard InChI is InChI=1S/C17H24O2/c1-4-15(18)13-5-7-14(8-6-13)17(19)11-9-16(2,3)10-12-17/h5-8,19H,4,9-12H2,1-3H3. The summed E-state index contributed by atoms with van der Waals surface area (Å²) in [5.74, 6) is 0.156. The molecule has 0 unspecified atom stereocenters. The van der Waals surface area contributed by atoms with Crippen molar-refractivity contribution in [2.75, 3.05) is 0 Å². The molecular formula is C17H24O2. The second kappa shape index (κ2) is 5.09. The van der Waals surface area contributed by atoms with Gasteiger partial charge < -0.3 is 5.11 Å². The summed E-state index contributed by atoms with van der Waals surface area (Å²) in [5, 5.41) is 10.8. The summed E-state index contributed by atoms with van der Waals surface area (Å²) in [7, 11) is 0. The van der Waals surface area contributed by atoms with Crippen LogP contribution >= 0.6 is 0 Å². The number of carbonyl (C=O) groups is 1. The van der Waals surface area contributed by atoms with Gasteiger partial charge in [0.2, 0.25) is 0 Å². The predicted octanol–water partition coefficient (Wildman–Crippen LogP) is 4.07. The average Bonchev–Trinajstić information content (AvgIpc) is 2.42. The molecule has 2 nitrogen and oxygen atoms in total. The van der Waals surface area contributed by atoms with E-state index >= 15 is 0 Å². The lowest BCUT2D eigenvalue weighted by atomic mass is 9.69. The van der Waals surface area contributed by atoms with Crippen LogP contribution in [-0.4, -0.2) is 10.9 Å². The number of hydrogen-bond donors (Lipinski definition) is 1. The Bertz CT molecular complexity index is 447. The van der Waals surface area contributed by atoms with Gasteiger partial charge in [0, 0.05) is 12.0 Å². The van der Waals surface area contributed by atoms with E-state index in [1.54, 1.807) is 0 Å². The Morgan fingerprint density at radius 3 is 2.11 bits per heavy atom. The van der Waals surface area contributed by atoms with Crippen molar-refractivity contribution in [1.29, 1.82) is 0 Å². The lowest BCUT2D eigenvalue weighted by molar-refractivity contribution is -0.0305. The zero-order valence-corrected chi connectivity index (χ0v) is 12.2. The Kier molecular flexibility index (Phi) is 3.82. The fraction of sp³-hybridized carbons (Fsp3) is 0.588. The summed E-state index contributed by atoms with van der Waals surface area (Å²) in [4.78, 5) is 11.6. The van der Waals surface area contributed by atoms with Crippen molar-refractivity contribution < 1.29 is 9.90 Å². The first kappa shape index (κ1) is 14.3. The first-order valence-corrected chi connectivity index (χ1v) is 7.22. The molecule has 1 fully saturated rings. The molecule has 1 aliphatic rings. The monoisotopic (exact) mass is 260 g/mol. The number of carbonyl (C=O) groups excluding carboxylic acids is 1. The first-order chi connectivity index (χ1) is 8.86. The van der Waals surface area contributed by atoms with Crippen LogP contribution in [0.3, 0.4) is 0 Å². The topological polar surface area (TPSA) is 37.3 Å². The number of Topliss-reactive ketones (excluding diaryl/α,β-unsaturated/α-hetero) is 1. The van der Waals surface area contributed by atoms with Gasteiger partial charge in [0.05, 0.1) is 5.60 Å². The van der Waals surface area contributed by atoms with Gasteiger partial charge in [-0.05, 0) is 36.7 Å². The maximum absolute atomic E-state index is 11.6. The number of aliphatic hydroxyl groups is 1. The summed E-state index contributed by atoms with van der Waals surface area (Å²) in [6, 6.07) is 7.53. The molecule has 0 radical (unpaired) electrons. The minimum absolute atomic E-state index is 0.156. The van der Waals surface area contributed by atoms with Gasteiger partial charge in [-0.2, -0.15) is 0 Å². The van der Waals surface area contributed by atoms with E-state index in [4.69, 9.17) is 0 Å². The van der Waals surface area contributed by atoms with Crippen molar-refractivity contribution in [2.24, 2.45) is 5.41 Å². The third-order valence-electron chi connectivity index (χ3n) is 4.50. The van der Waals surface area contributed by atoms with Crippen molar-refractivity contribution in [3.63, 3.8) is 0 Å². The molecule has 1 aliphatic carbocycles. The van der Waals surface area contributed by atoms with Crippen LogP contribution < -0.4 is 0 Å². The normalized spacial score (nSPS) is 21.1. The zero-order valence-electron chi connectivity index (χ0n) is 12.2. The van der Waals surface area contributed by atoms with Crippen LogP contribution in [0.1, 0.15) is 68.8 Å². The second-order valence-electron chi connectivity index (χ2n) is 6.55. The Morgan fingerprint density at radius 2 is 1.63 bits per heavy atom. The van der Waals surface area contributed by atoms with E-state index in [0.29, 0.717) is 11.8 Å². The van der Waals surface area contributed by atoms with E-state index < -0.39 is 5.60 Å². The number of rotatable bonds is 3. The van der Waals surface area contributed by atoms with E-state index in [-0.39, 0.29) is 5.78 Å². The molecule has 0 heterocycles. The van der Waals surface area contributed by atoms with Gasteiger partial charge in [-0.25, -0.2) is 0 Å². The van der Waals surface area contributed by atoms with Crippen molar-refractivity contribution in [3.8, 4) is 0 Å². The van der Waals surface area contributed by atoms with Crippen molar-refractivity contribution in [2.45, 2.75) is 58.5 Å². The van der Waals surface area contributed by atoms with Crippen LogP contribution in [0.25, 0.3) is 0 Å². The van der Waals surface area contributed by atoms with Crippen LogP contribution in [0.15, 0.2) is 24.3 Å². The second-order valence-corrected chi connectivity index (χ2v) is 6.55. The first-order valence-electron chi connectivity index (χ1n) is 7.22. The van der Waals surface area contributed by atoms with Crippen LogP contribution in [-0.2, 0) is 5.60 Å². The molecule has 1 aromatic carbocycles. The number of ketones is 1. The summed E-state index contributed by atoms with van der Waals surface area (Å²) >= 11 is 0. The van der Waals surface area contributed by atoms with E-state index in [1.807, 2.05) is 31.2 Å². The van der Waals surface area contributed by atoms with E-state index in [9.17, 15) is 9.90 Å². The fourth-order valence-electron chi connectivity index (χ4n) is 2.80. The lowest BCUT2D eigenvalue weighted by Gasteiger charge is -2.40. The molecule has 0 aromatic heterocycles. The summed E-state index contributed by atoms with van der Waals surface area (Å²) < 4.78 is 0. The highest BCUT2D eigenvalue weighted by Gasteiger charge is 2.37. The highest BCUT2D eigenvalue weighted by molar-refractivity contribution is 5.95. The summed E-state index contributed by atoms with van der Waals surface area (Å²) in [5.41, 5.74) is 1.33. The van der Waals surface area contributed by atoms with Gasteiger partial charge in [0.1, 0.15) is 0 Å². The SMILES string of the molecule is CCC(=O)c1ccc(C2(O)CCC(C)(C)CC2)cc1. The third-order valence-corrected chi connectivity index (χ3v) is 4.50. The van der Waals surface area contributed by atoms with E-state index in [1.165, 1.54) is 0 Å². The minimum atomic E-state index is -0.705. The molecule has 1 saturated carbocycles. The van der Waals surface area contributed by atoms with E-state index in [0.717, 1.165) is 36.8 Å². The molecule has 2 heteroatoms. The number of hydrogen-bond acceptors (Lipinski definition) is 2. The molecule has 2 rings (SSSR count). The maximum Gasteiger partial charge on any atom is 0.162 e. The van der Waals surface area contributed by atoms with Gasteiger partial charge in [-0.1, -0.05) is 45.0 Å². The molecule has 0 saturated heterocycles. The highest BCUT2D eigenvalue weighted by atomic mass is 16.3. The molecule has 0 amide bonds. The van der Waals surface area contributed by atoms with Crippen molar-refractivity contribution in [1.82, 2.24) is 0 Å². The molecule has 0 bridgehead atoms. The lowest BCUT2D eigenvalue weighted by Crippen LogP contribution is -2.34. The largest absolute Gasteiger partial charge is 0.385 e. The molecule has 1 N–H and O–H groups in total. The van der Waals surface area contributed by atoms with Crippen LogP contribution in [0.4, 0.5) is 0 Å². The fourth-order valence-corrected chi connectivity index (χ4v) is 2.80. The molecule has 104 valence electrons. The summed E-state index contributed by atoms with van der Waals surface area (Å²) in [6.07, 6.45) is 4.22. The maximum atomic E-state index is 11.6. The molecule has 1 aromatic rings. The van der Waals surface area contributed by atoms with Gasteiger partial charge in [-0.3, -0.25) is 4.79 Å². The predicted molar refractivity (Wildman–Crippen MR) is 77.2 cm³/mol. The van der Waals surface area contributed by atoms with Gasteiger partial charge in [0.25, 0.3) is 0 Å². The summed E-state index contributed by atoms with van der Waals surface area (Å²) in [6.45, 7) is 6.39. The van der Waals surface area contributed by atoms with Crippen LogP contribution in [0.2, 0.25) is 0 Å². The minimum Gasteiger partial charge on any atom is -0.385 e. The van der Waals surface area contributed by atoms with Crippen LogP contribution in [0, 0.1) is 5.41 Å². The Hall–Kier alpha value is -1.15. The molecular weight excluding hydrogens is 236 g/mol. The molecule has 19 heavy (non-hydrogen) atoms. The van der Waals surface area contributed by atoms with Gasteiger partial charge in [-0.15, -0.1) is 0 Å². The van der Waals surface area contributed by atoms with Crippen LogP contribution in [0.5, 0.6) is 0 Å². The number of benzene rings is 1.